The van der Waals surface area contributed by atoms with E-state index in [0.29, 0.717) is 5.69 Å². The minimum atomic E-state index is -0.699. The van der Waals surface area contributed by atoms with Crippen LogP contribution in [0.5, 0.6) is 0 Å². The van der Waals surface area contributed by atoms with Crippen molar-refractivity contribution in [3.05, 3.63) is 58.4 Å². The largest absolute Gasteiger partial charge is 0.387 e. The van der Waals surface area contributed by atoms with E-state index in [1.54, 1.807) is 0 Å². The van der Waals surface area contributed by atoms with Crippen molar-refractivity contribution in [2.45, 2.75) is 26.9 Å². The van der Waals surface area contributed by atoms with Crippen molar-refractivity contribution < 1.29 is 9.90 Å². The van der Waals surface area contributed by atoms with Crippen molar-refractivity contribution in [1.29, 1.82) is 0 Å². The standard InChI is InChI=1S/C16H20N2O2/c1-10-5-4-6-13(7-10)14(19)9-17-16(20)15-11(2)8-12(3)18-15/h4-8,14,18-19H,9H2,1-3H3,(H,17,20). The first-order valence-electron chi connectivity index (χ1n) is 6.66. The number of carbonyl (C=O) groups is 1. The molecule has 2 rings (SSSR count). The van der Waals surface area contributed by atoms with Crippen molar-refractivity contribution in [3.8, 4) is 0 Å². The molecule has 3 N–H and O–H groups in total. The minimum Gasteiger partial charge on any atom is -0.387 e. The monoisotopic (exact) mass is 272 g/mol. The molecule has 0 aliphatic carbocycles. The number of aliphatic hydroxyl groups is 1. The van der Waals surface area contributed by atoms with Gasteiger partial charge < -0.3 is 15.4 Å². The Labute approximate surface area is 118 Å². The smallest absolute Gasteiger partial charge is 0.268 e. The third-order valence-corrected chi connectivity index (χ3v) is 3.26. The third kappa shape index (κ3) is 3.27. The van der Waals surface area contributed by atoms with Crippen LogP contribution in [0.3, 0.4) is 0 Å². The lowest BCUT2D eigenvalue weighted by Gasteiger charge is -2.12. The lowest BCUT2D eigenvalue weighted by atomic mass is 10.1. The molecule has 0 saturated carbocycles. The van der Waals surface area contributed by atoms with E-state index in [2.05, 4.69) is 10.3 Å². The van der Waals surface area contributed by atoms with Crippen LogP contribution in [0, 0.1) is 20.8 Å². The summed E-state index contributed by atoms with van der Waals surface area (Å²) in [7, 11) is 0. The van der Waals surface area contributed by atoms with Crippen LogP contribution in [0.1, 0.15) is 39.0 Å². The van der Waals surface area contributed by atoms with Crippen LogP contribution in [-0.2, 0) is 0 Å². The number of nitrogens with one attached hydrogen (secondary N) is 2. The van der Waals surface area contributed by atoms with Crippen LogP contribution < -0.4 is 5.32 Å². The van der Waals surface area contributed by atoms with Gasteiger partial charge in [-0.05, 0) is 38.0 Å². The maximum Gasteiger partial charge on any atom is 0.268 e. The van der Waals surface area contributed by atoms with Crippen LogP contribution in [0.4, 0.5) is 0 Å². The van der Waals surface area contributed by atoms with Crippen molar-refractivity contribution >= 4 is 5.91 Å². The van der Waals surface area contributed by atoms with E-state index in [1.807, 2.05) is 51.1 Å². The fraction of sp³-hybridized carbons (Fsp3) is 0.312. The molecule has 1 atom stereocenters. The second-order valence-electron chi connectivity index (χ2n) is 5.15. The topological polar surface area (TPSA) is 65.1 Å². The van der Waals surface area contributed by atoms with Crippen molar-refractivity contribution in [2.75, 3.05) is 6.54 Å². The van der Waals surface area contributed by atoms with Gasteiger partial charge in [0.05, 0.1) is 6.10 Å². The van der Waals surface area contributed by atoms with Crippen LogP contribution in [0.25, 0.3) is 0 Å². The summed E-state index contributed by atoms with van der Waals surface area (Å²) < 4.78 is 0. The molecular formula is C16H20N2O2. The zero-order valence-electron chi connectivity index (χ0n) is 12.0. The van der Waals surface area contributed by atoms with E-state index in [1.165, 1.54) is 0 Å². The van der Waals surface area contributed by atoms with Gasteiger partial charge in [0.25, 0.3) is 5.91 Å². The van der Waals surface area contributed by atoms with Crippen LogP contribution in [-0.4, -0.2) is 22.5 Å². The van der Waals surface area contributed by atoms with Gasteiger partial charge in [0.1, 0.15) is 5.69 Å². The van der Waals surface area contributed by atoms with Gasteiger partial charge in [-0.3, -0.25) is 4.79 Å². The Morgan fingerprint density at radius 3 is 2.65 bits per heavy atom. The minimum absolute atomic E-state index is 0.192. The summed E-state index contributed by atoms with van der Waals surface area (Å²) in [6.07, 6.45) is -0.699. The summed E-state index contributed by atoms with van der Waals surface area (Å²) in [5.74, 6) is -0.192. The molecule has 1 aromatic carbocycles. The second-order valence-corrected chi connectivity index (χ2v) is 5.15. The highest BCUT2D eigenvalue weighted by molar-refractivity contribution is 5.94. The molecule has 20 heavy (non-hydrogen) atoms. The lowest BCUT2D eigenvalue weighted by molar-refractivity contribution is 0.0911. The fourth-order valence-electron chi connectivity index (χ4n) is 2.24. The normalized spacial score (nSPS) is 12.2. The molecule has 1 unspecified atom stereocenters. The van der Waals surface area contributed by atoms with Gasteiger partial charge in [-0.2, -0.15) is 0 Å². The van der Waals surface area contributed by atoms with Gasteiger partial charge in [0, 0.05) is 12.2 Å². The first-order valence-corrected chi connectivity index (χ1v) is 6.66. The molecule has 1 heterocycles. The van der Waals surface area contributed by atoms with E-state index >= 15 is 0 Å². The molecule has 2 aromatic rings. The van der Waals surface area contributed by atoms with Crippen LogP contribution in [0.15, 0.2) is 30.3 Å². The summed E-state index contributed by atoms with van der Waals surface area (Å²) in [5.41, 5.74) is 4.31. The molecule has 0 saturated heterocycles. The van der Waals surface area contributed by atoms with Crippen molar-refractivity contribution in [3.63, 3.8) is 0 Å². The number of aromatic nitrogens is 1. The average Bonchev–Trinajstić information content (AvgIpc) is 2.74. The molecule has 1 amide bonds. The predicted octanol–water partition coefficient (Wildman–Crippen LogP) is 2.40. The molecule has 0 spiro atoms. The number of hydrogen-bond acceptors (Lipinski definition) is 2. The first kappa shape index (κ1) is 14.3. The SMILES string of the molecule is Cc1cccc(C(O)CNC(=O)c2[nH]c(C)cc2C)c1. The van der Waals surface area contributed by atoms with Gasteiger partial charge >= 0.3 is 0 Å². The number of H-pyrrole nitrogens is 1. The van der Waals surface area contributed by atoms with E-state index in [-0.39, 0.29) is 12.5 Å². The fourth-order valence-corrected chi connectivity index (χ4v) is 2.24. The zero-order chi connectivity index (χ0) is 14.7. The van der Waals surface area contributed by atoms with E-state index in [9.17, 15) is 9.90 Å². The number of rotatable bonds is 4. The Bertz CT molecular complexity index is 617. The first-order chi connectivity index (χ1) is 9.47. The Morgan fingerprint density at radius 2 is 2.05 bits per heavy atom. The lowest BCUT2D eigenvalue weighted by Crippen LogP contribution is -2.29. The Balaban J connectivity index is 1.98. The second kappa shape index (κ2) is 5.92. The molecule has 0 aliphatic rings. The van der Waals surface area contributed by atoms with Gasteiger partial charge in [-0.1, -0.05) is 29.8 Å². The molecule has 4 heteroatoms. The van der Waals surface area contributed by atoms with Gasteiger partial charge in [-0.15, -0.1) is 0 Å². The van der Waals surface area contributed by atoms with E-state index in [4.69, 9.17) is 0 Å². The molecule has 1 aromatic heterocycles. The van der Waals surface area contributed by atoms with Gasteiger partial charge in [0.2, 0.25) is 0 Å². The highest BCUT2D eigenvalue weighted by Gasteiger charge is 2.14. The van der Waals surface area contributed by atoms with Crippen molar-refractivity contribution in [1.82, 2.24) is 10.3 Å². The molecule has 0 fully saturated rings. The third-order valence-electron chi connectivity index (χ3n) is 3.26. The summed E-state index contributed by atoms with van der Waals surface area (Å²) in [4.78, 5) is 15.1. The molecule has 4 nitrogen and oxygen atoms in total. The van der Waals surface area contributed by atoms with Crippen LogP contribution in [0.2, 0.25) is 0 Å². The quantitative estimate of drug-likeness (QED) is 0.800. The summed E-state index contributed by atoms with van der Waals surface area (Å²) in [5, 5.41) is 12.8. The van der Waals surface area contributed by atoms with Crippen molar-refractivity contribution in [2.24, 2.45) is 0 Å². The van der Waals surface area contributed by atoms with Gasteiger partial charge in [-0.25, -0.2) is 0 Å². The number of hydrogen-bond donors (Lipinski definition) is 3. The number of aryl methyl sites for hydroxylation is 3. The summed E-state index contributed by atoms with van der Waals surface area (Å²) >= 11 is 0. The van der Waals surface area contributed by atoms with E-state index < -0.39 is 6.10 Å². The Hall–Kier alpha value is -2.07. The average molecular weight is 272 g/mol. The molecular weight excluding hydrogens is 252 g/mol. The maximum atomic E-state index is 12.0. The molecule has 0 bridgehead atoms. The number of aliphatic hydroxyl groups excluding tert-OH is 1. The molecule has 0 radical (unpaired) electrons. The predicted molar refractivity (Wildman–Crippen MR) is 78.7 cm³/mol. The zero-order valence-corrected chi connectivity index (χ0v) is 12.0. The number of benzene rings is 1. The number of carbonyl (C=O) groups excluding carboxylic acids is 1. The Kier molecular flexibility index (Phi) is 4.25. The van der Waals surface area contributed by atoms with Crippen LogP contribution >= 0.6 is 0 Å². The number of aromatic amines is 1. The van der Waals surface area contributed by atoms with Gasteiger partial charge in [0.15, 0.2) is 0 Å². The highest BCUT2D eigenvalue weighted by Crippen LogP contribution is 2.14. The molecule has 0 aliphatic heterocycles. The maximum absolute atomic E-state index is 12.0. The highest BCUT2D eigenvalue weighted by atomic mass is 16.3. The summed E-state index contributed by atoms with van der Waals surface area (Å²) in [6.45, 7) is 5.96. The van der Waals surface area contributed by atoms with E-state index in [0.717, 1.165) is 22.4 Å². The summed E-state index contributed by atoms with van der Waals surface area (Å²) in [6, 6.07) is 9.56. The Morgan fingerprint density at radius 1 is 1.30 bits per heavy atom. The number of amides is 1. The molecule has 106 valence electrons.